The maximum Gasteiger partial charge on any atom is 0.266 e. The van der Waals surface area contributed by atoms with Crippen molar-refractivity contribution in [3.8, 4) is 11.3 Å². The van der Waals surface area contributed by atoms with Crippen molar-refractivity contribution in [2.24, 2.45) is 0 Å². The molecule has 0 unspecified atom stereocenters. The molecule has 1 amide bonds. The maximum absolute atomic E-state index is 12.0. The molecule has 0 aliphatic carbocycles. The summed E-state index contributed by atoms with van der Waals surface area (Å²) in [5, 5.41) is 7.29. The van der Waals surface area contributed by atoms with E-state index in [-0.39, 0.29) is 11.5 Å². The lowest BCUT2D eigenvalue weighted by molar-refractivity contribution is -0.121. The molecule has 1 N–H and O–H groups in total. The van der Waals surface area contributed by atoms with Crippen LogP contribution >= 0.6 is 0 Å². The van der Waals surface area contributed by atoms with Gasteiger partial charge in [-0.15, -0.1) is 0 Å². The first kappa shape index (κ1) is 18.9. The Morgan fingerprint density at radius 1 is 1.16 bits per heavy atom. The molecule has 0 fully saturated rings. The fourth-order valence-corrected chi connectivity index (χ4v) is 2.38. The summed E-state index contributed by atoms with van der Waals surface area (Å²) in [5.74, 6) is 0.00425. The molecule has 1 aromatic carbocycles. The third kappa shape index (κ3) is 6.15. The minimum absolute atomic E-state index is 0.00425. The average Bonchev–Trinajstić information content (AvgIpc) is 2.57. The number of carbonyl (C=O) groups is 1. The number of nitrogens with one attached hydrogen (secondary N) is 1. The number of likely N-dealkylation sites (N-methyl/N-ethyl adjacent to an activating group) is 1. The molecule has 134 valence electrons. The highest BCUT2D eigenvalue weighted by Gasteiger charge is 2.05. The lowest BCUT2D eigenvalue weighted by Gasteiger charge is -2.10. The summed E-state index contributed by atoms with van der Waals surface area (Å²) < 4.78 is 1.43. The third-order valence-electron chi connectivity index (χ3n) is 3.87. The largest absolute Gasteiger partial charge is 0.355 e. The SMILES string of the molecule is Cc1ccc(-c2ccc(=O)n(CCCC(=O)NCCN(C)C)n2)cc1. The van der Waals surface area contributed by atoms with Gasteiger partial charge in [0.15, 0.2) is 0 Å². The standard InChI is InChI=1S/C19H26N4O2/c1-15-6-8-16(9-7-15)17-10-11-19(25)23(21-17)13-4-5-18(24)20-12-14-22(2)3/h6-11H,4-5,12-14H2,1-3H3,(H,20,24). The number of aryl methyl sites for hydroxylation is 2. The monoisotopic (exact) mass is 342 g/mol. The van der Waals surface area contributed by atoms with Crippen LogP contribution in [0, 0.1) is 6.92 Å². The van der Waals surface area contributed by atoms with Crippen LogP contribution in [0.3, 0.4) is 0 Å². The molecule has 6 heteroatoms. The second kappa shape index (κ2) is 9.13. The minimum Gasteiger partial charge on any atom is -0.355 e. The Hall–Kier alpha value is -2.47. The Morgan fingerprint density at radius 2 is 1.88 bits per heavy atom. The van der Waals surface area contributed by atoms with E-state index >= 15 is 0 Å². The van der Waals surface area contributed by atoms with Gasteiger partial charge in [-0.1, -0.05) is 29.8 Å². The molecule has 25 heavy (non-hydrogen) atoms. The van der Waals surface area contributed by atoms with Crippen LogP contribution in [0.25, 0.3) is 11.3 Å². The topological polar surface area (TPSA) is 67.2 Å². The maximum atomic E-state index is 12.0. The number of hydrogen-bond acceptors (Lipinski definition) is 4. The zero-order valence-corrected chi connectivity index (χ0v) is 15.2. The molecule has 0 atom stereocenters. The van der Waals surface area contributed by atoms with Crippen molar-refractivity contribution >= 4 is 5.91 Å². The molecule has 6 nitrogen and oxygen atoms in total. The second-order valence-corrected chi connectivity index (χ2v) is 6.40. The molecule has 2 rings (SSSR count). The van der Waals surface area contributed by atoms with Gasteiger partial charge in [0, 0.05) is 37.7 Å². The van der Waals surface area contributed by atoms with Crippen LogP contribution in [0.15, 0.2) is 41.2 Å². The first-order valence-corrected chi connectivity index (χ1v) is 8.52. The summed E-state index contributed by atoms with van der Waals surface area (Å²) in [6.45, 7) is 3.90. The van der Waals surface area contributed by atoms with Gasteiger partial charge in [-0.2, -0.15) is 5.10 Å². The van der Waals surface area contributed by atoms with Gasteiger partial charge in [0.05, 0.1) is 5.69 Å². The molecular formula is C19H26N4O2. The van der Waals surface area contributed by atoms with Crippen molar-refractivity contribution in [1.29, 1.82) is 0 Å². The molecule has 0 saturated carbocycles. The van der Waals surface area contributed by atoms with Gasteiger partial charge < -0.3 is 10.2 Å². The van der Waals surface area contributed by atoms with E-state index in [9.17, 15) is 9.59 Å². The van der Waals surface area contributed by atoms with E-state index in [1.807, 2.05) is 50.2 Å². The van der Waals surface area contributed by atoms with Crippen LogP contribution in [-0.4, -0.2) is 47.8 Å². The van der Waals surface area contributed by atoms with Crippen molar-refractivity contribution in [1.82, 2.24) is 20.0 Å². The molecule has 0 saturated heterocycles. The Balaban J connectivity index is 1.91. The molecule has 0 spiro atoms. The van der Waals surface area contributed by atoms with Gasteiger partial charge >= 0.3 is 0 Å². The molecule has 0 bridgehead atoms. The van der Waals surface area contributed by atoms with Gasteiger partial charge in [0.2, 0.25) is 5.91 Å². The van der Waals surface area contributed by atoms with E-state index in [4.69, 9.17) is 0 Å². The van der Waals surface area contributed by atoms with Crippen LogP contribution in [0.5, 0.6) is 0 Å². The molecule has 1 heterocycles. The molecule has 0 radical (unpaired) electrons. The Bertz CT molecular complexity index is 751. The Labute approximate surface area is 148 Å². The summed E-state index contributed by atoms with van der Waals surface area (Å²) in [7, 11) is 3.93. The number of rotatable bonds is 8. The van der Waals surface area contributed by atoms with Gasteiger partial charge in [0.25, 0.3) is 5.56 Å². The fraction of sp³-hybridized carbons (Fsp3) is 0.421. The van der Waals surface area contributed by atoms with Crippen LogP contribution < -0.4 is 10.9 Å². The normalized spacial score (nSPS) is 10.9. The summed E-state index contributed by atoms with van der Waals surface area (Å²) in [6.07, 6.45) is 0.967. The van der Waals surface area contributed by atoms with Crippen LogP contribution in [-0.2, 0) is 11.3 Å². The second-order valence-electron chi connectivity index (χ2n) is 6.40. The van der Waals surface area contributed by atoms with Gasteiger partial charge in [-0.25, -0.2) is 4.68 Å². The van der Waals surface area contributed by atoms with E-state index in [2.05, 4.69) is 10.4 Å². The lowest BCUT2D eigenvalue weighted by atomic mass is 10.1. The van der Waals surface area contributed by atoms with Gasteiger partial charge in [-0.3, -0.25) is 9.59 Å². The highest BCUT2D eigenvalue weighted by atomic mass is 16.1. The predicted molar refractivity (Wildman–Crippen MR) is 99.5 cm³/mol. The first-order chi connectivity index (χ1) is 12.0. The average molecular weight is 342 g/mol. The predicted octanol–water partition coefficient (Wildman–Crippen LogP) is 1.68. The van der Waals surface area contributed by atoms with Crippen molar-refractivity contribution in [3.05, 3.63) is 52.3 Å². The number of benzene rings is 1. The van der Waals surface area contributed by atoms with Crippen LogP contribution in [0.4, 0.5) is 0 Å². The van der Waals surface area contributed by atoms with Gasteiger partial charge in [0.1, 0.15) is 0 Å². The molecular weight excluding hydrogens is 316 g/mol. The van der Waals surface area contributed by atoms with Crippen molar-refractivity contribution in [3.63, 3.8) is 0 Å². The number of amides is 1. The minimum atomic E-state index is -0.149. The quantitative estimate of drug-likeness (QED) is 0.792. The van der Waals surface area contributed by atoms with E-state index in [0.717, 1.165) is 17.8 Å². The number of nitrogens with zero attached hydrogens (tertiary/aromatic N) is 3. The zero-order chi connectivity index (χ0) is 18.2. The summed E-state index contributed by atoms with van der Waals surface area (Å²) in [6, 6.07) is 11.3. The Morgan fingerprint density at radius 3 is 2.56 bits per heavy atom. The zero-order valence-electron chi connectivity index (χ0n) is 15.2. The first-order valence-electron chi connectivity index (χ1n) is 8.52. The highest BCUT2D eigenvalue weighted by Crippen LogP contribution is 2.15. The van der Waals surface area contributed by atoms with E-state index in [1.54, 1.807) is 6.07 Å². The molecule has 0 aliphatic heterocycles. The number of aromatic nitrogens is 2. The van der Waals surface area contributed by atoms with E-state index in [1.165, 1.54) is 16.3 Å². The van der Waals surface area contributed by atoms with Crippen LogP contribution in [0.2, 0.25) is 0 Å². The number of carbonyl (C=O) groups excluding carboxylic acids is 1. The van der Waals surface area contributed by atoms with Crippen molar-refractivity contribution in [2.75, 3.05) is 27.2 Å². The van der Waals surface area contributed by atoms with Crippen molar-refractivity contribution < 1.29 is 4.79 Å². The smallest absolute Gasteiger partial charge is 0.266 e. The lowest BCUT2D eigenvalue weighted by Crippen LogP contribution is -2.31. The summed E-state index contributed by atoms with van der Waals surface area (Å²) >= 11 is 0. The summed E-state index contributed by atoms with van der Waals surface area (Å²) in [4.78, 5) is 25.8. The van der Waals surface area contributed by atoms with Crippen LogP contribution in [0.1, 0.15) is 18.4 Å². The molecule has 0 aliphatic rings. The molecule has 2 aromatic rings. The molecule has 1 aromatic heterocycles. The van der Waals surface area contributed by atoms with E-state index in [0.29, 0.717) is 25.9 Å². The fourth-order valence-electron chi connectivity index (χ4n) is 2.38. The Kier molecular flexibility index (Phi) is 6.89. The number of hydrogen-bond donors (Lipinski definition) is 1. The van der Waals surface area contributed by atoms with Crippen molar-refractivity contribution in [2.45, 2.75) is 26.3 Å². The highest BCUT2D eigenvalue weighted by molar-refractivity contribution is 5.75. The third-order valence-corrected chi connectivity index (χ3v) is 3.87. The van der Waals surface area contributed by atoms with E-state index < -0.39 is 0 Å². The van der Waals surface area contributed by atoms with Gasteiger partial charge in [-0.05, 0) is 33.5 Å². The summed E-state index contributed by atoms with van der Waals surface area (Å²) in [5.41, 5.74) is 2.76.